The van der Waals surface area contributed by atoms with Crippen LogP contribution in [0.3, 0.4) is 0 Å². The van der Waals surface area contributed by atoms with E-state index in [-0.39, 0.29) is 29.1 Å². The molecule has 1 aromatic heterocycles. The standard InChI is InChI=1S/C20H26N2O3/c1-5-14(4)25-16-8-6-15(7-9-16)12-21-19(23)17-10-11-18(13(2)3)22-20(17)24/h6-11,13-14H,5,12H2,1-4H3,(H,21,23)(H,22,24)/t14-/m1/s1. The number of H-pyrrole nitrogens is 1. The number of aromatic amines is 1. The van der Waals surface area contributed by atoms with E-state index in [4.69, 9.17) is 4.74 Å². The molecule has 2 aromatic rings. The van der Waals surface area contributed by atoms with Crippen molar-refractivity contribution in [2.75, 3.05) is 0 Å². The minimum absolute atomic E-state index is 0.126. The van der Waals surface area contributed by atoms with Crippen LogP contribution in [0.1, 0.15) is 61.6 Å². The number of rotatable bonds is 7. The van der Waals surface area contributed by atoms with Crippen LogP contribution >= 0.6 is 0 Å². The second kappa shape index (κ2) is 8.51. The van der Waals surface area contributed by atoms with Crippen molar-refractivity contribution in [2.24, 2.45) is 0 Å². The summed E-state index contributed by atoms with van der Waals surface area (Å²) in [7, 11) is 0. The van der Waals surface area contributed by atoms with Crippen LogP contribution < -0.4 is 15.6 Å². The molecule has 0 aliphatic carbocycles. The summed E-state index contributed by atoms with van der Waals surface area (Å²) >= 11 is 0. The fourth-order valence-electron chi connectivity index (χ4n) is 2.28. The predicted molar refractivity (Wildman–Crippen MR) is 99.1 cm³/mol. The second-order valence-electron chi connectivity index (χ2n) is 6.47. The van der Waals surface area contributed by atoms with Gasteiger partial charge in [-0.15, -0.1) is 0 Å². The van der Waals surface area contributed by atoms with Gasteiger partial charge in [0.15, 0.2) is 0 Å². The monoisotopic (exact) mass is 342 g/mol. The van der Waals surface area contributed by atoms with Crippen molar-refractivity contribution in [2.45, 2.75) is 52.7 Å². The van der Waals surface area contributed by atoms with Gasteiger partial charge in [0.1, 0.15) is 11.3 Å². The molecule has 0 fully saturated rings. The van der Waals surface area contributed by atoms with E-state index < -0.39 is 0 Å². The number of aromatic nitrogens is 1. The summed E-state index contributed by atoms with van der Waals surface area (Å²) in [5.41, 5.74) is 1.53. The quantitative estimate of drug-likeness (QED) is 0.807. The van der Waals surface area contributed by atoms with Gasteiger partial charge >= 0.3 is 0 Å². The maximum absolute atomic E-state index is 12.2. The number of amides is 1. The molecule has 1 aromatic carbocycles. The van der Waals surface area contributed by atoms with Crippen LogP contribution in [-0.4, -0.2) is 17.0 Å². The number of hydrogen-bond donors (Lipinski definition) is 2. The lowest BCUT2D eigenvalue weighted by Gasteiger charge is -2.13. The lowest BCUT2D eigenvalue weighted by Crippen LogP contribution is -2.29. The average molecular weight is 342 g/mol. The number of benzene rings is 1. The number of carbonyl (C=O) groups is 1. The van der Waals surface area contributed by atoms with Gasteiger partial charge in [0.2, 0.25) is 0 Å². The van der Waals surface area contributed by atoms with Crippen LogP contribution in [0.25, 0.3) is 0 Å². The maximum atomic E-state index is 12.2. The van der Waals surface area contributed by atoms with E-state index in [1.165, 1.54) is 0 Å². The minimum atomic E-state index is -0.378. The fraction of sp³-hybridized carbons (Fsp3) is 0.400. The summed E-state index contributed by atoms with van der Waals surface area (Å²) in [6.07, 6.45) is 1.12. The predicted octanol–water partition coefficient (Wildman–Crippen LogP) is 3.61. The molecule has 5 heteroatoms. The van der Waals surface area contributed by atoms with Gasteiger partial charge < -0.3 is 15.0 Å². The lowest BCUT2D eigenvalue weighted by molar-refractivity contribution is 0.0949. The smallest absolute Gasteiger partial charge is 0.261 e. The molecule has 0 spiro atoms. The number of pyridine rings is 1. The molecule has 2 N–H and O–H groups in total. The summed E-state index contributed by atoms with van der Waals surface area (Å²) in [6.45, 7) is 8.42. The first-order valence-electron chi connectivity index (χ1n) is 8.67. The van der Waals surface area contributed by atoms with Crippen LogP contribution in [0.4, 0.5) is 0 Å². The molecule has 2 rings (SSSR count). The molecule has 0 bridgehead atoms. The molecule has 0 unspecified atom stereocenters. The van der Waals surface area contributed by atoms with E-state index >= 15 is 0 Å². The zero-order valence-electron chi connectivity index (χ0n) is 15.3. The van der Waals surface area contributed by atoms with Crippen molar-refractivity contribution < 1.29 is 9.53 Å². The van der Waals surface area contributed by atoms with Gasteiger partial charge in [-0.25, -0.2) is 0 Å². The third-order valence-electron chi connectivity index (χ3n) is 4.09. The lowest BCUT2D eigenvalue weighted by atomic mass is 10.1. The van der Waals surface area contributed by atoms with Crippen LogP contribution in [0.15, 0.2) is 41.2 Å². The highest BCUT2D eigenvalue weighted by molar-refractivity contribution is 5.93. The molecule has 1 amide bonds. The highest BCUT2D eigenvalue weighted by Crippen LogP contribution is 2.15. The van der Waals surface area contributed by atoms with Crippen molar-refractivity contribution >= 4 is 5.91 Å². The summed E-state index contributed by atoms with van der Waals surface area (Å²) in [5.74, 6) is 0.641. The van der Waals surface area contributed by atoms with Gasteiger partial charge in [-0.2, -0.15) is 0 Å². The van der Waals surface area contributed by atoms with Crippen molar-refractivity contribution in [3.8, 4) is 5.75 Å². The molecule has 134 valence electrons. The third-order valence-corrected chi connectivity index (χ3v) is 4.09. The van der Waals surface area contributed by atoms with E-state index in [0.717, 1.165) is 23.4 Å². The van der Waals surface area contributed by atoms with Gasteiger partial charge in [0.25, 0.3) is 11.5 Å². The largest absolute Gasteiger partial charge is 0.491 e. The molecule has 0 radical (unpaired) electrons. The van der Waals surface area contributed by atoms with Crippen molar-refractivity contribution in [1.29, 1.82) is 0 Å². The van der Waals surface area contributed by atoms with Crippen molar-refractivity contribution in [3.05, 3.63) is 63.6 Å². The van der Waals surface area contributed by atoms with E-state index in [0.29, 0.717) is 6.54 Å². The molecule has 1 atom stereocenters. The Kier molecular flexibility index (Phi) is 6.39. The molecule has 25 heavy (non-hydrogen) atoms. The highest BCUT2D eigenvalue weighted by atomic mass is 16.5. The fourth-order valence-corrected chi connectivity index (χ4v) is 2.28. The van der Waals surface area contributed by atoms with Crippen LogP contribution in [-0.2, 0) is 6.54 Å². The Hall–Kier alpha value is -2.56. The second-order valence-corrected chi connectivity index (χ2v) is 6.47. The first kappa shape index (κ1) is 18.8. The Labute approximate surface area is 148 Å². The zero-order valence-corrected chi connectivity index (χ0v) is 15.3. The van der Waals surface area contributed by atoms with Crippen LogP contribution in [0.5, 0.6) is 5.75 Å². The third kappa shape index (κ3) is 5.21. The van der Waals surface area contributed by atoms with Crippen molar-refractivity contribution in [1.82, 2.24) is 10.3 Å². The molecule has 0 saturated heterocycles. The van der Waals surface area contributed by atoms with Gasteiger partial charge in [0, 0.05) is 12.2 Å². The summed E-state index contributed by atoms with van der Waals surface area (Å²) in [4.78, 5) is 27.0. The molecule has 0 aliphatic rings. The molecular weight excluding hydrogens is 316 g/mol. The Bertz CT molecular complexity index is 763. The first-order chi connectivity index (χ1) is 11.9. The van der Waals surface area contributed by atoms with E-state index in [1.54, 1.807) is 12.1 Å². The number of nitrogens with one attached hydrogen (secondary N) is 2. The topological polar surface area (TPSA) is 71.2 Å². The van der Waals surface area contributed by atoms with Gasteiger partial charge in [-0.3, -0.25) is 9.59 Å². The minimum Gasteiger partial charge on any atom is -0.491 e. The Morgan fingerprint density at radius 1 is 1.12 bits per heavy atom. The average Bonchev–Trinajstić information content (AvgIpc) is 2.60. The summed E-state index contributed by atoms with van der Waals surface area (Å²) in [6, 6.07) is 10.9. The molecule has 0 saturated carbocycles. The van der Waals surface area contributed by atoms with Crippen molar-refractivity contribution in [3.63, 3.8) is 0 Å². The van der Waals surface area contributed by atoms with Gasteiger partial charge in [0.05, 0.1) is 6.10 Å². The maximum Gasteiger partial charge on any atom is 0.261 e. The highest BCUT2D eigenvalue weighted by Gasteiger charge is 2.11. The summed E-state index contributed by atoms with van der Waals surface area (Å²) < 4.78 is 5.73. The van der Waals surface area contributed by atoms with Crippen LogP contribution in [0, 0.1) is 0 Å². The SMILES string of the molecule is CC[C@@H](C)Oc1ccc(CNC(=O)c2ccc(C(C)C)[nH]c2=O)cc1. The molecular formula is C20H26N2O3. The molecule has 1 heterocycles. The summed E-state index contributed by atoms with van der Waals surface area (Å²) in [5, 5.41) is 2.78. The number of ether oxygens (including phenoxy) is 1. The molecule has 0 aliphatic heterocycles. The normalized spacial score (nSPS) is 12.0. The number of carbonyl (C=O) groups excluding carboxylic acids is 1. The van der Waals surface area contributed by atoms with E-state index in [9.17, 15) is 9.59 Å². The first-order valence-corrected chi connectivity index (χ1v) is 8.67. The van der Waals surface area contributed by atoms with Crippen LogP contribution in [0.2, 0.25) is 0 Å². The Balaban J connectivity index is 1.97. The Morgan fingerprint density at radius 2 is 1.80 bits per heavy atom. The van der Waals surface area contributed by atoms with E-state index in [2.05, 4.69) is 17.2 Å². The van der Waals surface area contributed by atoms with E-state index in [1.807, 2.05) is 45.0 Å². The van der Waals surface area contributed by atoms with Gasteiger partial charge in [-0.1, -0.05) is 32.9 Å². The van der Waals surface area contributed by atoms with Gasteiger partial charge in [-0.05, 0) is 49.1 Å². The number of hydrogen-bond acceptors (Lipinski definition) is 3. The molecule has 5 nitrogen and oxygen atoms in total. The zero-order chi connectivity index (χ0) is 18.4. The Morgan fingerprint density at radius 3 is 2.36 bits per heavy atom.